The molecule has 0 radical (unpaired) electrons. The Hall–Kier alpha value is -2.96. The fourth-order valence-corrected chi connectivity index (χ4v) is 4.35. The molecular formula is C29H39ClN8O2S. The summed E-state index contributed by atoms with van der Waals surface area (Å²) < 4.78 is 13.0. The van der Waals surface area contributed by atoms with Crippen molar-refractivity contribution < 1.29 is 9.47 Å². The molecule has 1 aromatic carbocycles. The Labute approximate surface area is 251 Å². The van der Waals surface area contributed by atoms with E-state index in [0.717, 1.165) is 79.0 Å². The summed E-state index contributed by atoms with van der Waals surface area (Å²) in [4.78, 5) is 16.6. The summed E-state index contributed by atoms with van der Waals surface area (Å²) >= 11 is 7.75. The average Bonchev–Trinajstić information content (AvgIpc) is 3.36. The summed E-state index contributed by atoms with van der Waals surface area (Å²) in [6, 6.07) is 13.6. The zero-order chi connectivity index (χ0) is 28.9. The Morgan fingerprint density at radius 1 is 1.05 bits per heavy atom. The summed E-state index contributed by atoms with van der Waals surface area (Å²) in [6.07, 6.45) is 6.83. The van der Waals surface area contributed by atoms with E-state index in [0.29, 0.717) is 31.5 Å². The molecule has 0 saturated carbocycles. The molecular weight excluding hydrogens is 560 g/mol. The van der Waals surface area contributed by atoms with Crippen molar-refractivity contribution in [3.05, 3.63) is 59.2 Å². The number of pyridine rings is 1. The molecule has 1 aliphatic heterocycles. The minimum atomic E-state index is 0.309. The van der Waals surface area contributed by atoms with Crippen LogP contribution >= 0.6 is 23.4 Å². The van der Waals surface area contributed by atoms with Crippen molar-refractivity contribution in [1.82, 2.24) is 29.6 Å². The van der Waals surface area contributed by atoms with Gasteiger partial charge in [0.05, 0.1) is 24.3 Å². The fraction of sp³-hybridized carbons (Fsp3) is 0.448. The SMILES string of the molecule is CCCOCn1nc(-c2cccc(NCc3ccc(Cl)cc3)n2)c2cnc(NCCN3CCOCC3)nc21.CSC. The number of fused-ring (bicyclic) bond motifs is 1. The molecule has 0 spiro atoms. The number of ether oxygens (including phenoxy) is 2. The van der Waals surface area contributed by atoms with Gasteiger partial charge in [-0.1, -0.05) is 36.7 Å². The molecule has 12 heteroatoms. The van der Waals surface area contributed by atoms with E-state index in [1.165, 1.54) is 0 Å². The normalized spacial score (nSPS) is 13.6. The number of nitrogens with one attached hydrogen (secondary N) is 2. The smallest absolute Gasteiger partial charge is 0.224 e. The first kappa shape index (κ1) is 31.0. The molecule has 4 heterocycles. The maximum atomic E-state index is 6.00. The summed E-state index contributed by atoms with van der Waals surface area (Å²) in [5.74, 6) is 1.32. The third-order valence-electron chi connectivity index (χ3n) is 6.24. The third kappa shape index (κ3) is 9.27. The lowest BCUT2D eigenvalue weighted by Crippen LogP contribution is -2.39. The van der Waals surface area contributed by atoms with Crippen LogP contribution in [0.1, 0.15) is 18.9 Å². The van der Waals surface area contributed by atoms with Gasteiger partial charge in [0.1, 0.15) is 18.2 Å². The molecule has 1 fully saturated rings. The van der Waals surface area contributed by atoms with Crippen molar-refractivity contribution in [2.45, 2.75) is 26.6 Å². The predicted molar refractivity (Wildman–Crippen MR) is 169 cm³/mol. The Balaban J connectivity index is 0.00000124. The highest BCUT2D eigenvalue weighted by Crippen LogP contribution is 2.27. The van der Waals surface area contributed by atoms with Crippen LogP contribution in [0, 0.1) is 0 Å². The molecule has 1 aliphatic rings. The molecule has 41 heavy (non-hydrogen) atoms. The molecule has 3 aromatic heterocycles. The van der Waals surface area contributed by atoms with Crippen LogP contribution in [0.25, 0.3) is 22.4 Å². The molecule has 1 saturated heterocycles. The van der Waals surface area contributed by atoms with Crippen molar-refractivity contribution in [3.8, 4) is 11.4 Å². The predicted octanol–water partition coefficient (Wildman–Crippen LogP) is 5.26. The quantitative estimate of drug-likeness (QED) is 0.210. The number of nitrogens with zero attached hydrogens (tertiary/aromatic N) is 6. The number of anilines is 2. The van der Waals surface area contributed by atoms with E-state index < -0.39 is 0 Å². The molecule has 2 N–H and O–H groups in total. The zero-order valence-corrected chi connectivity index (χ0v) is 25.5. The van der Waals surface area contributed by atoms with Crippen molar-refractivity contribution in [2.24, 2.45) is 0 Å². The van der Waals surface area contributed by atoms with Gasteiger partial charge in [0.25, 0.3) is 0 Å². The van der Waals surface area contributed by atoms with Gasteiger partial charge in [-0.2, -0.15) is 21.8 Å². The highest BCUT2D eigenvalue weighted by Gasteiger charge is 2.17. The lowest BCUT2D eigenvalue weighted by molar-refractivity contribution is 0.0398. The molecule has 4 aromatic rings. The van der Waals surface area contributed by atoms with E-state index in [-0.39, 0.29) is 0 Å². The lowest BCUT2D eigenvalue weighted by atomic mass is 10.2. The number of benzene rings is 1. The first-order valence-corrected chi connectivity index (χ1v) is 15.8. The van der Waals surface area contributed by atoms with Crippen molar-refractivity contribution in [1.29, 1.82) is 0 Å². The van der Waals surface area contributed by atoms with E-state index in [4.69, 9.17) is 36.1 Å². The maximum Gasteiger partial charge on any atom is 0.224 e. The van der Waals surface area contributed by atoms with Gasteiger partial charge in [0, 0.05) is 50.6 Å². The topological polar surface area (TPSA) is 102 Å². The van der Waals surface area contributed by atoms with Crippen molar-refractivity contribution >= 4 is 46.2 Å². The molecule has 0 aliphatic carbocycles. The van der Waals surface area contributed by atoms with Gasteiger partial charge < -0.3 is 20.1 Å². The Morgan fingerprint density at radius 2 is 1.83 bits per heavy atom. The second-order valence-corrected chi connectivity index (χ2v) is 10.7. The van der Waals surface area contributed by atoms with E-state index in [2.05, 4.69) is 27.4 Å². The van der Waals surface area contributed by atoms with Gasteiger partial charge in [-0.15, -0.1) is 0 Å². The van der Waals surface area contributed by atoms with Crippen LogP contribution in [0.4, 0.5) is 11.8 Å². The van der Waals surface area contributed by atoms with Crippen LogP contribution in [0.15, 0.2) is 48.7 Å². The van der Waals surface area contributed by atoms with Gasteiger partial charge in [-0.3, -0.25) is 4.90 Å². The number of thioether (sulfide) groups is 1. The van der Waals surface area contributed by atoms with Crippen LogP contribution in [0.3, 0.4) is 0 Å². The summed E-state index contributed by atoms with van der Waals surface area (Å²) in [5.41, 5.74) is 3.28. The van der Waals surface area contributed by atoms with E-state index in [1.54, 1.807) is 16.4 Å². The fourth-order valence-electron chi connectivity index (χ4n) is 4.23. The number of hydrogen-bond acceptors (Lipinski definition) is 10. The first-order valence-electron chi connectivity index (χ1n) is 13.8. The van der Waals surface area contributed by atoms with E-state index in [1.807, 2.05) is 61.2 Å². The monoisotopic (exact) mass is 598 g/mol. The third-order valence-corrected chi connectivity index (χ3v) is 6.50. The molecule has 0 bridgehead atoms. The van der Waals surface area contributed by atoms with Crippen LogP contribution in [-0.4, -0.2) is 88.1 Å². The van der Waals surface area contributed by atoms with Gasteiger partial charge in [-0.25, -0.2) is 14.6 Å². The van der Waals surface area contributed by atoms with Gasteiger partial charge in [0.15, 0.2) is 5.65 Å². The summed E-state index contributed by atoms with van der Waals surface area (Å²) in [5, 5.41) is 13.1. The zero-order valence-electron chi connectivity index (χ0n) is 24.0. The number of halogens is 1. The highest BCUT2D eigenvalue weighted by atomic mass is 35.5. The van der Waals surface area contributed by atoms with Crippen molar-refractivity contribution in [3.63, 3.8) is 0 Å². The first-order chi connectivity index (χ1) is 20.1. The van der Waals surface area contributed by atoms with Crippen molar-refractivity contribution in [2.75, 3.05) is 69.1 Å². The minimum absolute atomic E-state index is 0.309. The van der Waals surface area contributed by atoms with Crippen LogP contribution < -0.4 is 10.6 Å². The standard InChI is InChI=1S/C27H33ClN8O2.C2H6S/c1-2-14-38-19-36-26-22(18-31-27(33-26)29-10-11-35-12-15-37-16-13-35)25(34-36)23-4-3-5-24(32-23)30-17-20-6-8-21(28)9-7-20;1-3-2/h3-9,18H,2,10-17,19H2,1H3,(H,30,32)(H,29,31,33);1-2H3. The second kappa shape index (κ2) is 16.5. The minimum Gasteiger partial charge on any atom is -0.379 e. The second-order valence-electron chi connectivity index (χ2n) is 9.49. The number of morpholine rings is 1. The Morgan fingerprint density at radius 3 is 2.59 bits per heavy atom. The van der Waals surface area contributed by atoms with Gasteiger partial charge in [-0.05, 0) is 48.8 Å². The van der Waals surface area contributed by atoms with Crippen LogP contribution in [0.2, 0.25) is 5.02 Å². The molecule has 10 nitrogen and oxygen atoms in total. The molecule has 0 amide bonds. The Bertz CT molecular complexity index is 1350. The molecule has 0 atom stereocenters. The van der Waals surface area contributed by atoms with Gasteiger partial charge in [0.2, 0.25) is 5.95 Å². The van der Waals surface area contributed by atoms with Crippen LogP contribution in [-0.2, 0) is 22.7 Å². The Kier molecular flexibility index (Phi) is 12.5. The summed E-state index contributed by atoms with van der Waals surface area (Å²) in [7, 11) is 0. The molecule has 5 rings (SSSR count). The molecule has 220 valence electrons. The highest BCUT2D eigenvalue weighted by molar-refractivity contribution is 7.97. The van der Waals surface area contributed by atoms with E-state index >= 15 is 0 Å². The maximum absolute atomic E-state index is 6.00. The summed E-state index contributed by atoms with van der Waals surface area (Å²) in [6.45, 7) is 8.81. The number of rotatable bonds is 12. The van der Waals surface area contributed by atoms with E-state index in [9.17, 15) is 0 Å². The average molecular weight is 599 g/mol. The largest absolute Gasteiger partial charge is 0.379 e. The molecule has 0 unspecified atom stereocenters. The van der Waals surface area contributed by atoms with Gasteiger partial charge >= 0.3 is 0 Å². The number of aromatic nitrogens is 5. The lowest BCUT2D eigenvalue weighted by Gasteiger charge is -2.26. The van der Waals surface area contributed by atoms with Crippen LogP contribution in [0.5, 0.6) is 0 Å². The number of hydrogen-bond donors (Lipinski definition) is 2.